The number of nitrogens with zero attached hydrogens (tertiary/aromatic N) is 1. The van der Waals surface area contributed by atoms with Gasteiger partial charge in [-0.2, -0.15) is 0 Å². The number of aliphatic hydroxyl groups is 1. The van der Waals surface area contributed by atoms with Gasteiger partial charge in [-0.1, -0.05) is 25.0 Å². The molecule has 2 N–H and O–H groups in total. The average Bonchev–Trinajstić information content (AvgIpc) is 2.94. The predicted molar refractivity (Wildman–Crippen MR) is 86.6 cm³/mol. The van der Waals surface area contributed by atoms with Crippen molar-refractivity contribution in [2.24, 2.45) is 5.92 Å². The lowest BCUT2D eigenvalue weighted by atomic mass is 9.86. The zero-order valence-electron chi connectivity index (χ0n) is 13.6. The van der Waals surface area contributed by atoms with Crippen LogP contribution in [-0.4, -0.2) is 35.7 Å². The molecule has 1 saturated carbocycles. The Morgan fingerprint density at radius 3 is 2.91 bits per heavy atom. The quantitative estimate of drug-likeness (QED) is 0.899. The number of carbonyl (C=O) groups is 1. The maximum absolute atomic E-state index is 13.8. The summed E-state index contributed by atoms with van der Waals surface area (Å²) in [5, 5.41) is 13.0. The lowest BCUT2D eigenvalue weighted by molar-refractivity contribution is 0.0563. The Morgan fingerprint density at radius 2 is 2.13 bits per heavy atom. The first-order valence-electron chi connectivity index (χ1n) is 8.53. The van der Waals surface area contributed by atoms with E-state index in [1.807, 2.05) is 6.07 Å². The SMILES string of the molecule is CN(CC1CCCCC1O)C(=O)NC1CCc2c(F)cccc21. The molecular formula is C18H25FN2O2. The number of halogens is 1. The van der Waals surface area contributed by atoms with Crippen molar-refractivity contribution in [2.45, 2.75) is 50.7 Å². The molecule has 0 saturated heterocycles. The highest BCUT2D eigenvalue weighted by molar-refractivity contribution is 5.74. The van der Waals surface area contributed by atoms with Crippen LogP contribution in [0, 0.1) is 11.7 Å². The van der Waals surface area contributed by atoms with Gasteiger partial charge in [0.25, 0.3) is 0 Å². The molecule has 0 heterocycles. The molecule has 23 heavy (non-hydrogen) atoms. The van der Waals surface area contributed by atoms with Crippen molar-refractivity contribution < 1.29 is 14.3 Å². The van der Waals surface area contributed by atoms with Crippen LogP contribution in [0.2, 0.25) is 0 Å². The summed E-state index contributed by atoms with van der Waals surface area (Å²) in [6.07, 6.45) is 5.08. The molecule has 3 unspecified atom stereocenters. The lowest BCUT2D eigenvalue weighted by Gasteiger charge is -2.31. The van der Waals surface area contributed by atoms with Gasteiger partial charge in [0.1, 0.15) is 5.82 Å². The van der Waals surface area contributed by atoms with Crippen LogP contribution < -0.4 is 5.32 Å². The Hall–Kier alpha value is -1.62. The molecule has 2 amide bonds. The maximum Gasteiger partial charge on any atom is 0.317 e. The summed E-state index contributed by atoms with van der Waals surface area (Å²) < 4.78 is 13.8. The van der Waals surface area contributed by atoms with Crippen molar-refractivity contribution in [3.63, 3.8) is 0 Å². The van der Waals surface area contributed by atoms with E-state index in [4.69, 9.17) is 0 Å². The Balaban J connectivity index is 1.58. The molecule has 0 spiro atoms. The molecule has 1 fully saturated rings. The van der Waals surface area contributed by atoms with E-state index < -0.39 is 0 Å². The van der Waals surface area contributed by atoms with E-state index in [1.165, 1.54) is 6.07 Å². The Labute approximate surface area is 136 Å². The standard InChI is InChI=1S/C18H25FN2O2/c1-21(11-12-5-2-3-8-17(12)22)18(23)20-16-10-9-13-14(16)6-4-7-15(13)19/h4,6-7,12,16-17,22H,2-3,5,8-11H2,1H3,(H,20,23). The topological polar surface area (TPSA) is 52.6 Å². The van der Waals surface area contributed by atoms with E-state index in [0.29, 0.717) is 13.0 Å². The number of nitrogens with one attached hydrogen (secondary N) is 1. The molecule has 126 valence electrons. The van der Waals surface area contributed by atoms with E-state index in [0.717, 1.165) is 43.2 Å². The third-order valence-corrected chi connectivity index (χ3v) is 5.24. The van der Waals surface area contributed by atoms with Crippen molar-refractivity contribution in [3.05, 3.63) is 35.1 Å². The van der Waals surface area contributed by atoms with E-state index >= 15 is 0 Å². The van der Waals surface area contributed by atoms with Gasteiger partial charge in [0.2, 0.25) is 0 Å². The molecule has 0 radical (unpaired) electrons. The molecule has 2 aliphatic carbocycles. The van der Waals surface area contributed by atoms with Crippen molar-refractivity contribution >= 4 is 6.03 Å². The molecule has 1 aromatic rings. The van der Waals surface area contributed by atoms with Crippen LogP contribution in [0.15, 0.2) is 18.2 Å². The minimum atomic E-state index is -0.305. The van der Waals surface area contributed by atoms with Crippen LogP contribution in [0.25, 0.3) is 0 Å². The van der Waals surface area contributed by atoms with Gasteiger partial charge >= 0.3 is 6.03 Å². The highest BCUT2D eigenvalue weighted by Gasteiger charge is 2.29. The monoisotopic (exact) mass is 320 g/mol. The molecule has 5 heteroatoms. The number of hydrogen-bond acceptors (Lipinski definition) is 2. The van der Waals surface area contributed by atoms with Crippen LogP contribution in [0.1, 0.15) is 49.3 Å². The normalized spacial score (nSPS) is 26.7. The van der Waals surface area contributed by atoms with Gasteiger partial charge in [0.15, 0.2) is 0 Å². The fourth-order valence-corrected chi connectivity index (χ4v) is 3.85. The first-order chi connectivity index (χ1) is 11.1. The Kier molecular flexibility index (Phi) is 4.85. The van der Waals surface area contributed by atoms with Gasteiger partial charge in [-0.15, -0.1) is 0 Å². The molecule has 3 atom stereocenters. The third kappa shape index (κ3) is 3.50. The van der Waals surface area contributed by atoms with Crippen molar-refractivity contribution in [1.29, 1.82) is 0 Å². The van der Waals surface area contributed by atoms with Crippen LogP contribution in [0.3, 0.4) is 0 Å². The smallest absolute Gasteiger partial charge is 0.317 e. The molecular weight excluding hydrogens is 295 g/mol. The van der Waals surface area contributed by atoms with Crippen LogP contribution in [-0.2, 0) is 6.42 Å². The van der Waals surface area contributed by atoms with Gasteiger partial charge in [0, 0.05) is 19.5 Å². The number of aliphatic hydroxyl groups excluding tert-OH is 1. The predicted octanol–water partition coefficient (Wildman–Crippen LogP) is 3.01. The summed E-state index contributed by atoms with van der Waals surface area (Å²) in [6, 6.07) is 4.79. The molecule has 3 rings (SSSR count). The largest absolute Gasteiger partial charge is 0.393 e. The van der Waals surface area contributed by atoms with Gasteiger partial charge in [0.05, 0.1) is 12.1 Å². The first-order valence-corrected chi connectivity index (χ1v) is 8.53. The first kappa shape index (κ1) is 16.2. The van der Waals surface area contributed by atoms with E-state index in [1.54, 1.807) is 18.0 Å². The maximum atomic E-state index is 13.8. The number of carbonyl (C=O) groups excluding carboxylic acids is 1. The second-order valence-corrected chi connectivity index (χ2v) is 6.84. The summed E-state index contributed by atoms with van der Waals surface area (Å²) in [5.74, 6) is -0.0225. The second-order valence-electron chi connectivity index (χ2n) is 6.84. The van der Waals surface area contributed by atoms with Crippen LogP contribution >= 0.6 is 0 Å². The summed E-state index contributed by atoms with van der Waals surface area (Å²) in [5.41, 5.74) is 1.62. The third-order valence-electron chi connectivity index (χ3n) is 5.24. The highest BCUT2D eigenvalue weighted by atomic mass is 19.1. The molecule has 4 nitrogen and oxygen atoms in total. The number of rotatable bonds is 3. The van der Waals surface area contributed by atoms with E-state index in [2.05, 4.69) is 5.32 Å². The zero-order valence-corrected chi connectivity index (χ0v) is 13.6. The zero-order chi connectivity index (χ0) is 16.4. The minimum absolute atomic E-state index is 0.119. The number of urea groups is 1. The van der Waals surface area contributed by atoms with Gasteiger partial charge in [-0.3, -0.25) is 0 Å². The van der Waals surface area contributed by atoms with Gasteiger partial charge in [-0.25, -0.2) is 9.18 Å². The summed E-state index contributed by atoms with van der Waals surface area (Å²) >= 11 is 0. The van der Waals surface area contributed by atoms with Crippen molar-refractivity contribution in [1.82, 2.24) is 10.2 Å². The highest BCUT2D eigenvalue weighted by Crippen LogP contribution is 2.32. The molecule has 0 aromatic heterocycles. The van der Waals surface area contributed by atoms with E-state index in [-0.39, 0.29) is 29.9 Å². The van der Waals surface area contributed by atoms with Gasteiger partial charge in [-0.05, 0) is 42.9 Å². The summed E-state index contributed by atoms with van der Waals surface area (Å²) in [4.78, 5) is 14.1. The molecule has 0 aliphatic heterocycles. The fraction of sp³-hybridized carbons (Fsp3) is 0.611. The molecule has 1 aromatic carbocycles. The second kappa shape index (κ2) is 6.87. The van der Waals surface area contributed by atoms with Crippen LogP contribution in [0.4, 0.5) is 9.18 Å². The molecule has 0 bridgehead atoms. The number of benzene rings is 1. The molecule has 2 aliphatic rings. The summed E-state index contributed by atoms with van der Waals surface area (Å²) in [6.45, 7) is 0.565. The number of fused-ring (bicyclic) bond motifs is 1. The lowest BCUT2D eigenvalue weighted by Crippen LogP contribution is -2.43. The van der Waals surface area contributed by atoms with Gasteiger partial charge < -0.3 is 15.3 Å². The fourth-order valence-electron chi connectivity index (χ4n) is 3.85. The van der Waals surface area contributed by atoms with Crippen LogP contribution in [0.5, 0.6) is 0 Å². The summed E-state index contributed by atoms with van der Waals surface area (Å²) in [7, 11) is 1.76. The van der Waals surface area contributed by atoms with E-state index in [9.17, 15) is 14.3 Å². The Bertz CT molecular complexity index is 578. The number of amides is 2. The van der Waals surface area contributed by atoms with Crippen molar-refractivity contribution in [3.8, 4) is 0 Å². The van der Waals surface area contributed by atoms with Crippen molar-refractivity contribution in [2.75, 3.05) is 13.6 Å². The Morgan fingerprint density at radius 1 is 1.35 bits per heavy atom. The average molecular weight is 320 g/mol. The number of hydrogen-bond donors (Lipinski definition) is 2. The minimum Gasteiger partial charge on any atom is -0.393 e.